The van der Waals surface area contributed by atoms with Crippen molar-refractivity contribution in [2.24, 2.45) is 0 Å². The highest BCUT2D eigenvalue weighted by atomic mass is 32.2. The number of nitrogens with one attached hydrogen (secondary N) is 2. The van der Waals surface area contributed by atoms with Crippen molar-refractivity contribution in [3.8, 4) is 0 Å². The van der Waals surface area contributed by atoms with Crippen molar-refractivity contribution >= 4 is 23.4 Å². The molecule has 19 heavy (non-hydrogen) atoms. The number of aliphatic hydroxyl groups is 1. The minimum atomic E-state index is -0.240. The second-order valence-corrected chi connectivity index (χ2v) is 5.24. The lowest BCUT2D eigenvalue weighted by molar-refractivity contribution is 0.183. The van der Waals surface area contributed by atoms with Gasteiger partial charge in [0.25, 0.3) is 0 Å². The van der Waals surface area contributed by atoms with Crippen LogP contribution in [-0.4, -0.2) is 40.5 Å². The monoisotopic (exact) mass is 284 g/mol. The van der Waals surface area contributed by atoms with Crippen LogP contribution >= 0.6 is 11.8 Å². The van der Waals surface area contributed by atoms with Gasteiger partial charge < -0.3 is 15.7 Å². The third-order valence-corrected chi connectivity index (χ3v) is 3.10. The van der Waals surface area contributed by atoms with Gasteiger partial charge in [0.2, 0.25) is 0 Å². The van der Waals surface area contributed by atoms with Gasteiger partial charge in [0.15, 0.2) is 5.16 Å². The first-order chi connectivity index (χ1) is 9.15. The molecule has 0 radical (unpaired) electrons. The van der Waals surface area contributed by atoms with E-state index in [4.69, 9.17) is 0 Å². The summed E-state index contributed by atoms with van der Waals surface area (Å²) in [6.45, 7) is 5.65. The molecule has 6 heteroatoms. The summed E-state index contributed by atoms with van der Waals surface area (Å²) in [6.07, 6.45) is 4.52. The Morgan fingerprint density at radius 3 is 2.42 bits per heavy atom. The predicted molar refractivity (Wildman–Crippen MR) is 82.0 cm³/mol. The summed E-state index contributed by atoms with van der Waals surface area (Å²) in [4.78, 5) is 8.82. The second kappa shape index (κ2) is 8.98. The van der Waals surface area contributed by atoms with E-state index in [-0.39, 0.29) is 6.10 Å². The van der Waals surface area contributed by atoms with Gasteiger partial charge in [-0.25, -0.2) is 9.97 Å². The molecule has 0 spiro atoms. The predicted octanol–water partition coefficient (Wildman–Crippen LogP) is 2.59. The van der Waals surface area contributed by atoms with E-state index in [1.165, 1.54) is 11.8 Å². The van der Waals surface area contributed by atoms with Crippen molar-refractivity contribution in [3.05, 3.63) is 6.07 Å². The molecule has 0 fully saturated rings. The summed E-state index contributed by atoms with van der Waals surface area (Å²) in [5.41, 5.74) is 0. The van der Waals surface area contributed by atoms with Crippen LogP contribution in [0.5, 0.6) is 0 Å². The summed E-state index contributed by atoms with van der Waals surface area (Å²) in [5.74, 6) is 1.70. The number of anilines is 2. The SMILES string of the molecule is CCCNc1cc(NCCCC(C)O)nc(SC)n1. The quantitative estimate of drug-likeness (QED) is 0.368. The van der Waals surface area contributed by atoms with Crippen LogP contribution in [-0.2, 0) is 0 Å². The summed E-state index contributed by atoms with van der Waals surface area (Å²) in [6, 6.07) is 1.93. The Hall–Kier alpha value is -1.01. The van der Waals surface area contributed by atoms with Crippen LogP contribution in [0.2, 0.25) is 0 Å². The lowest BCUT2D eigenvalue weighted by atomic mass is 10.2. The fraction of sp³-hybridized carbons (Fsp3) is 0.692. The zero-order valence-electron chi connectivity index (χ0n) is 11.9. The van der Waals surface area contributed by atoms with Crippen molar-refractivity contribution < 1.29 is 5.11 Å². The van der Waals surface area contributed by atoms with E-state index in [0.717, 1.165) is 49.1 Å². The van der Waals surface area contributed by atoms with Crippen molar-refractivity contribution in [2.45, 2.75) is 44.4 Å². The topological polar surface area (TPSA) is 70.1 Å². The van der Waals surface area contributed by atoms with Crippen LogP contribution in [0.4, 0.5) is 11.6 Å². The van der Waals surface area contributed by atoms with Gasteiger partial charge in [-0.1, -0.05) is 18.7 Å². The first kappa shape index (κ1) is 16.0. The van der Waals surface area contributed by atoms with E-state index >= 15 is 0 Å². The van der Waals surface area contributed by atoms with E-state index in [1.807, 2.05) is 19.2 Å². The smallest absolute Gasteiger partial charge is 0.191 e. The highest BCUT2D eigenvalue weighted by Gasteiger charge is 2.03. The van der Waals surface area contributed by atoms with Gasteiger partial charge in [-0.3, -0.25) is 0 Å². The third-order valence-electron chi connectivity index (χ3n) is 2.55. The molecule has 0 amide bonds. The average molecular weight is 284 g/mol. The van der Waals surface area contributed by atoms with E-state index < -0.39 is 0 Å². The molecule has 3 N–H and O–H groups in total. The number of hydrogen-bond donors (Lipinski definition) is 3. The first-order valence-electron chi connectivity index (χ1n) is 6.74. The number of aliphatic hydroxyl groups excluding tert-OH is 1. The molecule has 0 saturated carbocycles. The third kappa shape index (κ3) is 6.63. The van der Waals surface area contributed by atoms with Gasteiger partial charge in [-0.2, -0.15) is 0 Å². The maximum Gasteiger partial charge on any atom is 0.191 e. The van der Waals surface area contributed by atoms with E-state index in [2.05, 4.69) is 27.5 Å². The minimum Gasteiger partial charge on any atom is -0.393 e. The van der Waals surface area contributed by atoms with Crippen molar-refractivity contribution in [1.29, 1.82) is 0 Å². The zero-order valence-corrected chi connectivity index (χ0v) is 12.8. The normalized spacial score (nSPS) is 12.2. The molecule has 1 aromatic rings. The molecule has 0 bridgehead atoms. The van der Waals surface area contributed by atoms with Crippen LogP contribution in [0.1, 0.15) is 33.1 Å². The second-order valence-electron chi connectivity index (χ2n) is 4.47. The Morgan fingerprint density at radius 2 is 1.89 bits per heavy atom. The number of hydrogen-bond acceptors (Lipinski definition) is 6. The summed E-state index contributed by atoms with van der Waals surface area (Å²) in [5, 5.41) is 16.5. The standard InChI is InChI=1S/C13H24N4OS/c1-4-7-14-11-9-12(17-13(16-11)19-3)15-8-5-6-10(2)18/h9-10,18H,4-8H2,1-3H3,(H2,14,15,16,17). The molecule has 0 aliphatic heterocycles. The summed E-state index contributed by atoms with van der Waals surface area (Å²) < 4.78 is 0. The Labute approximate surface area is 119 Å². The molecule has 1 rings (SSSR count). The Balaban J connectivity index is 2.55. The number of nitrogens with zero attached hydrogens (tertiary/aromatic N) is 2. The van der Waals surface area contributed by atoms with Crippen LogP contribution in [0.25, 0.3) is 0 Å². The molecular formula is C13H24N4OS. The molecule has 1 unspecified atom stereocenters. The van der Waals surface area contributed by atoms with Crippen LogP contribution in [0, 0.1) is 0 Å². The molecule has 0 aromatic carbocycles. The molecule has 0 aliphatic rings. The van der Waals surface area contributed by atoms with Gasteiger partial charge in [0, 0.05) is 19.2 Å². The van der Waals surface area contributed by atoms with Gasteiger partial charge >= 0.3 is 0 Å². The molecule has 1 atom stereocenters. The largest absolute Gasteiger partial charge is 0.393 e. The Bertz CT molecular complexity index is 374. The fourth-order valence-corrected chi connectivity index (χ4v) is 1.94. The van der Waals surface area contributed by atoms with E-state index in [1.54, 1.807) is 0 Å². The molecule has 5 nitrogen and oxygen atoms in total. The van der Waals surface area contributed by atoms with Gasteiger partial charge in [-0.15, -0.1) is 0 Å². The number of aromatic nitrogens is 2. The minimum absolute atomic E-state index is 0.240. The fourth-order valence-electron chi connectivity index (χ4n) is 1.56. The average Bonchev–Trinajstić information content (AvgIpc) is 2.41. The maximum atomic E-state index is 9.21. The lowest BCUT2D eigenvalue weighted by Gasteiger charge is -2.10. The molecule has 1 aromatic heterocycles. The van der Waals surface area contributed by atoms with Gasteiger partial charge in [-0.05, 0) is 32.4 Å². The molecule has 1 heterocycles. The Morgan fingerprint density at radius 1 is 1.26 bits per heavy atom. The lowest BCUT2D eigenvalue weighted by Crippen LogP contribution is -2.09. The van der Waals surface area contributed by atoms with Crippen molar-refractivity contribution in [1.82, 2.24) is 9.97 Å². The van der Waals surface area contributed by atoms with Crippen LogP contribution < -0.4 is 10.6 Å². The number of thioether (sulfide) groups is 1. The summed E-state index contributed by atoms with van der Waals surface area (Å²) in [7, 11) is 0. The highest BCUT2D eigenvalue weighted by molar-refractivity contribution is 7.98. The van der Waals surface area contributed by atoms with Crippen LogP contribution in [0.15, 0.2) is 11.2 Å². The van der Waals surface area contributed by atoms with E-state index in [0.29, 0.717) is 0 Å². The van der Waals surface area contributed by atoms with Crippen LogP contribution in [0.3, 0.4) is 0 Å². The zero-order chi connectivity index (χ0) is 14.1. The van der Waals surface area contributed by atoms with Gasteiger partial charge in [0.05, 0.1) is 6.10 Å². The highest BCUT2D eigenvalue weighted by Crippen LogP contribution is 2.17. The molecule has 0 saturated heterocycles. The van der Waals surface area contributed by atoms with Gasteiger partial charge in [0.1, 0.15) is 11.6 Å². The Kier molecular flexibility index (Phi) is 7.59. The van der Waals surface area contributed by atoms with Crippen molar-refractivity contribution in [2.75, 3.05) is 30.0 Å². The summed E-state index contributed by atoms with van der Waals surface area (Å²) >= 11 is 1.53. The first-order valence-corrected chi connectivity index (χ1v) is 7.97. The van der Waals surface area contributed by atoms with Crippen molar-refractivity contribution in [3.63, 3.8) is 0 Å². The molecule has 0 aliphatic carbocycles. The number of rotatable bonds is 9. The van der Waals surface area contributed by atoms with E-state index in [9.17, 15) is 5.11 Å². The molecular weight excluding hydrogens is 260 g/mol. The maximum absolute atomic E-state index is 9.21. The molecule has 108 valence electrons.